The van der Waals surface area contributed by atoms with Crippen LogP contribution in [0.5, 0.6) is 0 Å². The van der Waals surface area contributed by atoms with Gasteiger partial charge in [-0.05, 0) is 79.8 Å². The summed E-state index contributed by atoms with van der Waals surface area (Å²) in [6, 6.07) is 9.86. The summed E-state index contributed by atoms with van der Waals surface area (Å²) in [6.45, 7) is 4.50. The molecule has 5 rings (SSSR count). The molecular weight excluding hydrogens is 348 g/mol. The third-order valence-electron chi connectivity index (χ3n) is 9.70. The fourth-order valence-corrected chi connectivity index (χ4v) is 7.83. The van der Waals surface area contributed by atoms with Crippen LogP contribution >= 0.6 is 0 Å². The summed E-state index contributed by atoms with van der Waals surface area (Å²) in [7, 11) is 0. The minimum atomic E-state index is -1.13. The van der Waals surface area contributed by atoms with E-state index in [-0.39, 0.29) is 17.4 Å². The third kappa shape index (κ3) is 2.16. The first-order chi connectivity index (χ1) is 13.2. The van der Waals surface area contributed by atoms with Gasteiger partial charge in [0.1, 0.15) is 5.60 Å². The van der Waals surface area contributed by atoms with Gasteiger partial charge in [-0.25, -0.2) is 0 Å². The molecule has 0 spiro atoms. The Labute approximate surface area is 168 Å². The van der Waals surface area contributed by atoms with Crippen molar-refractivity contribution in [2.75, 3.05) is 0 Å². The Bertz CT molecular complexity index is 790. The zero-order valence-electron chi connectivity index (χ0n) is 17.1. The largest absolute Gasteiger partial charge is 0.393 e. The van der Waals surface area contributed by atoms with Gasteiger partial charge in [-0.15, -0.1) is 0 Å². The predicted molar refractivity (Wildman–Crippen MR) is 109 cm³/mol. The summed E-state index contributed by atoms with van der Waals surface area (Å²) in [4.78, 5) is 0. The van der Waals surface area contributed by atoms with E-state index >= 15 is 0 Å². The molecule has 8 atom stereocenters. The van der Waals surface area contributed by atoms with Gasteiger partial charge in [0.05, 0.1) is 11.7 Å². The van der Waals surface area contributed by atoms with Crippen LogP contribution in [0.25, 0.3) is 0 Å². The number of fused-ring (bicyclic) bond motifs is 5. The standard InChI is InChI=1S/C25H34O3/c1-22-12-10-19(26)16-18(22)8-9-21-20(22)11-13-23(2)24(27,14-15-25(21,23)28)17-6-4-3-5-7-17/h3-7,14-15,18-21,26-28H,8-13,16H2,1-2H3/t18-,19+,20+,21-,22+,23-,24+,25+/m1/s1. The molecule has 3 heteroatoms. The molecule has 0 aromatic heterocycles. The Morgan fingerprint density at radius 3 is 2.36 bits per heavy atom. The molecule has 3 nitrogen and oxygen atoms in total. The Balaban J connectivity index is 1.54. The Kier molecular flexibility index (Phi) is 3.99. The lowest BCUT2D eigenvalue weighted by atomic mass is 9.42. The molecule has 0 saturated heterocycles. The maximum Gasteiger partial charge on any atom is 0.116 e. The van der Waals surface area contributed by atoms with Crippen LogP contribution in [0.2, 0.25) is 0 Å². The average molecular weight is 383 g/mol. The van der Waals surface area contributed by atoms with Crippen molar-refractivity contribution in [2.24, 2.45) is 28.6 Å². The van der Waals surface area contributed by atoms with Gasteiger partial charge in [-0.3, -0.25) is 0 Å². The van der Waals surface area contributed by atoms with Crippen molar-refractivity contribution in [1.29, 1.82) is 0 Å². The van der Waals surface area contributed by atoms with Crippen LogP contribution in [-0.4, -0.2) is 27.0 Å². The highest BCUT2D eigenvalue weighted by Gasteiger charge is 2.69. The first-order valence-corrected chi connectivity index (χ1v) is 11.1. The summed E-state index contributed by atoms with van der Waals surface area (Å²) >= 11 is 0. The predicted octanol–water partition coefficient (Wildman–Crippen LogP) is 4.17. The van der Waals surface area contributed by atoms with Crippen LogP contribution in [-0.2, 0) is 5.60 Å². The number of hydrogen-bond acceptors (Lipinski definition) is 3. The number of rotatable bonds is 1. The molecule has 0 heterocycles. The second-order valence-electron chi connectivity index (χ2n) is 10.6. The minimum absolute atomic E-state index is 0.152. The first kappa shape index (κ1) is 18.8. The molecular formula is C25H34O3. The van der Waals surface area contributed by atoms with Gasteiger partial charge in [0.25, 0.3) is 0 Å². The van der Waals surface area contributed by atoms with E-state index in [4.69, 9.17) is 0 Å². The molecule has 3 fully saturated rings. The zero-order valence-corrected chi connectivity index (χ0v) is 17.1. The molecule has 4 aliphatic rings. The maximum atomic E-state index is 12.1. The fraction of sp³-hybridized carbons (Fsp3) is 0.680. The third-order valence-corrected chi connectivity index (χ3v) is 9.70. The van der Waals surface area contributed by atoms with Crippen molar-refractivity contribution < 1.29 is 15.3 Å². The van der Waals surface area contributed by atoms with E-state index in [0.717, 1.165) is 50.5 Å². The molecule has 0 bridgehead atoms. The highest BCUT2D eigenvalue weighted by molar-refractivity contribution is 5.41. The van der Waals surface area contributed by atoms with Gasteiger partial charge >= 0.3 is 0 Å². The van der Waals surface area contributed by atoms with Gasteiger partial charge in [0.2, 0.25) is 0 Å². The minimum Gasteiger partial charge on any atom is -0.393 e. The fourth-order valence-electron chi connectivity index (χ4n) is 7.83. The maximum absolute atomic E-state index is 12.1. The zero-order chi connectivity index (χ0) is 19.8. The van der Waals surface area contributed by atoms with Crippen LogP contribution in [0.4, 0.5) is 0 Å². The number of hydrogen-bond donors (Lipinski definition) is 3. The normalized spacial score (nSPS) is 52.6. The topological polar surface area (TPSA) is 60.7 Å². The van der Waals surface area contributed by atoms with E-state index in [1.165, 1.54) is 0 Å². The van der Waals surface area contributed by atoms with Gasteiger partial charge in [0.15, 0.2) is 0 Å². The van der Waals surface area contributed by atoms with Gasteiger partial charge in [0, 0.05) is 5.41 Å². The first-order valence-electron chi connectivity index (χ1n) is 11.1. The molecule has 28 heavy (non-hydrogen) atoms. The second kappa shape index (κ2) is 5.93. The van der Waals surface area contributed by atoms with Crippen molar-refractivity contribution >= 4 is 0 Å². The second-order valence-corrected chi connectivity index (χ2v) is 10.6. The molecule has 0 amide bonds. The van der Waals surface area contributed by atoms with Crippen molar-refractivity contribution in [1.82, 2.24) is 0 Å². The summed E-state index contributed by atoms with van der Waals surface area (Å²) < 4.78 is 0. The van der Waals surface area contributed by atoms with Crippen LogP contribution in [0, 0.1) is 28.6 Å². The highest BCUT2D eigenvalue weighted by atomic mass is 16.3. The Hall–Kier alpha value is -1.16. The van der Waals surface area contributed by atoms with Crippen molar-refractivity contribution in [3.05, 3.63) is 48.0 Å². The number of aliphatic hydroxyl groups excluding tert-OH is 1. The molecule has 3 saturated carbocycles. The Morgan fingerprint density at radius 2 is 1.61 bits per heavy atom. The van der Waals surface area contributed by atoms with Gasteiger partial charge in [-0.1, -0.05) is 50.3 Å². The monoisotopic (exact) mass is 382 g/mol. The Morgan fingerprint density at radius 1 is 0.857 bits per heavy atom. The number of aliphatic hydroxyl groups is 3. The van der Waals surface area contributed by atoms with Crippen LogP contribution in [0.15, 0.2) is 42.5 Å². The van der Waals surface area contributed by atoms with Crippen LogP contribution in [0.1, 0.15) is 64.4 Å². The SMILES string of the molecule is C[C@]12CC[C@H](O)C[C@H]1CC[C@@H]1[C@@H]2CC[C@]2(C)[C@@](O)(c3ccccc3)C=C[C@]12O. The lowest BCUT2D eigenvalue weighted by molar-refractivity contribution is -0.227. The molecule has 1 aromatic carbocycles. The molecule has 0 radical (unpaired) electrons. The summed E-state index contributed by atoms with van der Waals surface area (Å²) in [5, 5.41) is 34.1. The van der Waals surface area contributed by atoms with E-state index in [0.29, 0.717) is 11.8 Å². The van der Waals surface area contributed by atoms with E-state index in [1.807, 2.05) is 42.5 Å². The van der Waals surface area contributed by atoms with E-state index in [9.17, 15) is 15.3 Å². The number of benzene rings is 1. The molecule has 0 unspecified atom stereocenters. The quantitative estimate of drug-likeness (QED) is 0.639. The lowest BCUT2D eigenvalue weighted by Crippen LogP contribution is -2.65. The average Bonchev–Trinajstić information content (AvgIpc) is 2.91. The molecule has 1 aromatic rings. The summed E-state index contributed by atoms with van der Waals surface area (Å²) in [5.41, 5.74) is -1.65. The molecule has 0 aliphatic heterocycles. The summed E-state index contributed by atoms with van der Waals surface area (Å²) in [6.07, 6.45) is 10.4. The van der Waals surface area contributed by atoms with Crippen LogP contribution in [0.3, 0.4) is 0 Å². The van der Waals surface area contributed by atoms with E-state index in [1.54, 1.807) is 0 Å². The van der Waals surface area contributed by atoms with Crippen molar-refractivity contribution in [3.63, 3.8) is 0 Å². The van der Waals surface area contributed by atoms with E-state index < -0.39 is 16.6 Å². The van der Waals surface area contributed by atoms with Crippen LogP contribution < -0.4 is 0 Å². The van der Waals surface area contributed by atoms with Crippen molar-refractivity contribution in [3.8, 4) is 0 Å². The molecule has 3 N–H and O–H groups in total. The van der Waals surface area contributed by atoms with E-state index in [2.05, 4.69) is 13.8 Å². The lowest BCUT2D eigenvalue weighted by Gasteiger charge is -2.64. The molecule has 4 aliphatic carbocycles. The molecule has 152 valence electrons. The highest BCUT2D eigenvalue weighted by Crippen LogP contribution is 2.69. The summed E-state index contributed by atoms with van der Waals surface area (Å²) in [5.74, 6) is 1.19. The van der Waals surface area contributed by atoms with Gasteiger partial charge < -0.3 is 15.3 Å². The van der Waals surface area contributed by atoms with Crippen molar-refractivity contribution in [2.45, 2.75) is 76.1 Å². The van der Waals surface area contributed by atoms with Gasteiger partial charge in [-0.2, -0.15) is 0 Å². The smallest absolute Gasteiger partial charge is 0.116 e.